The second-order valence-electron chi connectivity index (χ2n) is 17.4. The Bertz CT molecular complexity index is 1310. The average Bonchev–Trinajstić information content (AvgIpc) is 3.30. The Kier molecular flexibility index (Phi) is 50.0. The number of carbonyl (C=O) groups is 3. The number of hydrogen-bond donors (Lipinski definition) is 0. The van der Waals surface area contributed by atoms with E-state index in [1.165, 1.54) is 51.4 Å². The van der Waals surface area contributed by atoms with Crippen molar-refractivity contribution in [2.45, 2.75) is 245 Å². The molecule has 0 aliphatic heterocycles. The first-order valence-corrected chi connectivity index (χ1v) is 26.7. The fraction of sp³-hybridized carbons (Fsp3) is 0.678. The second kappa shape index (κ2) is 52.9. The van der Waals surface area contributed by atoms with Gasteiger partial charge in [-0.15, -0.1) is 0 Å². The second-order valence-corrected chi connectivity index (χ2v) is 17.4. The van der Waals surface area contributed by atoms with Gasteiger partial charge in [0.1, 0.15) is 13.2 Å². The van der Waals surface area contributed by atoms with E-state index in [0.717, 1.165) is 148 Å². The minimum Gasteiger partial charge on any atom is -0.462 e. The normalized spacial score (nSPS) is 12.8. The van der Waals surface area contributed by atoms with Crippen molar-refractivity contribution < 1.29 is 28.6 Å². The van der Waals surface area contributed by atoms with Crippen molar-refractivity contribution in [3.8, 4) is 0 Å². The van der Waals surface area contributed by atoms with Crippen molar-refractivity contribution in [3.63, 3.8) is 0 Å². The van der Waals surface area contributed by atoms with Crippen LogP contribution in [0.1, 0.15) is 239 Å². The SMILES string of the molecule is CC/C=C\C/C=C\C/C=C\CCCCCCCCCC(=O)OCC(COC(=O)CCCCCCC/C=C\C/C=C\CCCCC)OC(=O)CCCCCCC/C=C\C/C=C\C/C=C\CC. The molecule has 370 valence electrons. The Balaban J connectivity index is 4.46. The highest BCUT2D eigenvalue weighted by Gasteiger charge is 2.19. The Morgan fingerprint density at radius 1 is 0.323 bits per heavy atom. The summed E-state index contributed by atoms with van der Waals surface area (Å²) in [5, 5.41) is 0. The van der Waals surface area contributed by atoms with E-state index in [0.29, 0.717) is 19.3 Å². The molecule has 6 nitrogen and oxygen atoms in total. The summed E-state index contributed by atoms with van der Waals surface area (Å²) in [6, 6.07) is 0. The maximum Gasteiger partial charge on any atom is 0.306 e. The fourth-order valence-electron chi connectivity index (χ4n) is 7.09. The van der Waals surface area contributed by atoms with E-state index in [2.05, 4.69) is 118 Å². The molecule has 0 N–H and O–H groups in total. The van der Waals surface area contributed by atoms with Crippen molar-refractivity contribution in [2.75, 3.05) is 13.2 Å². The van der Waals surface area contributed by atoms with Crippen molar-refractivity contribution in [1.82, 2.24) is 0 Å². The molecule has 0 aliphatic rings. The van der Waals surface area contributed by atoms with Gasteiger partial charge < -0.3 is 14.2 Å². The minimum absolute atomic E-state index is 0.0954. The lowest BCUT2D eigenvalue weighted by Gasteiger charge is -2.18. The third kappa shape index (κ3) is 51.2. The molecule has 0 aromatic rings. The van der Waals surface area contributed by atoms with Crippen molar-refractivity contribution in [1.29, 1.82) is 0 Å². The zero-order valence-electron chi connectivity index (χ0n) is 42.2. The van der Waals surface area contributed by atoms with E-state index in [1.807, 2.05) is 0 Å². The summed E-state index contributed by atoms with van der Waals surface area (Å²) in [6.45, 7) is 6.35. The molecular formula is C59H98O6. The molecule has 65 heavy (non-hydrogen) atoms. The van der Waals surface area contributed by atoms with Crippen molar-refractivity contribution in [2.24, 2.45) is 0 Å². The van der Waals surface area contributed by atoms with E-state index < -0.39 is 6.10 Å². The summed E-state index contributed by atoms with van der Waals surface area (Å²) in [6.07, 6.45) is 69.6. The molecule has 0 aliphatic carbocycles. The van der Waals surface area contributed by atoms with E-state index >= 15 is 0 Å². The first-order chi connectivity index (χ1) is 32.0. The van der Waals surface area contributed by atoms with Gasteiger partial charge in [0.25, 0.3) is 0 Å². The van der Waals surface area contributed by atoms with Crippen LogP contribution in [0.25, 0.3) is 0 Å². The summed E-state index contributed by atoms with van der Waals surface area (Å²) in [5.74, 6) is -0.937. The Morgan fingerprint density at radius 3 is 0.938 bits per heavy atom. The monoisotopic (exact) mass is 903 g/mol. The number of unbranched alkanes of at least 4 members (excludes halogenated alkanes) is 20. The molecule has 1 atom stereocenters. The van der Waals surface area contributed by atoms with E-state index in [9.17, 15) is 14.4 Å². The standard InChI is InChI=1S/C59H98O6/c1-4-7-10-13-16-19-22-25-28-29-32-34-37-40-43-46-49-52-58(61)64-55-56(65-59(62)53-50-47-44-41-38-35-31-27-24-21-18-15-12-9-6-3)54-63-57(60)51-48-45-42-39-36-33-30-26-23-20-17-14-11-8-5-2/h7,9-10,12,16-21,25-28,30-31,56H,4-6,8,11,13-15,22-24,29,32-55H2,1-3H3/b10-7-,12-9-,19-16-,20-17-,21-18-,28-25-,30-26-,31-27-. The van der Waals surface area contributed by atoms with Gasteiger partial charge >= 0.3 is 17.9 Å². The lowest BCUT2D eigenvalue weighted by Crippen LogP contribution is -2.30. The van der Waals surface area contributed by atoms with Crippen LogP contribution in [0.5, 0.6) is 0 Å². The number of allylic oxidation sites excluding steroid dienone is 16. The summed E-state index contributed by atoms with van der Waals surface area (Å²) >= 11 is 0. The number of rotatable bonds is 47. The van der Waals surface area contributed by atoms with Crippen LogP contribution < -0.4 is 0 Å². The zero-order valence-corrected chi connectivity index (χ0v) is 42.2. The highest BCUT2D eigenvalue weighted by atomic mass is 16.6. The topological polar surface area (TPSA) is 78.9 Å². The van der Waals surface area contributed by atoms with Crippen LogP contribution in [0.15, 0.2) is 97.2 Å². The predicted octanol–water partition coefficient (Wildman–Crippen LogP) is 17.8. The highest BCUT2D eigenvalue weighted by molar-refractivity contribution is 5.71. The number of hydrogen-bond acceptors (Lipinski definition) is 6. The number of esters is 3. The molecule has 0 heterocycles. The average molecular weight is 903 g/mol. The Labute approximate surface area is 400 Å². The van der Waals surface area contributed by atoms with E-state index in [1.54, 1.807) is 0 Å². The van der Waals surface area contributed by atoms with Crippen LogP contribution in [0.2, 0.25) is 0 Å². The molecule has 0 fully saturated rings. The Morgan fingerprint density at radius 2 is 0.600 bits per heavy atom. The summed E-state index contributed by atoms with van der Waals surface area (Å²) in [7, 11) is 0. The molecule has 0 amide bonds. The van der Waals surface area contributed by atoms with Crippen LogP contribution in [-0.2, 0) is 28.6 Å². The third-order valence-corrected chi connectivity index (χ3v) is 11.1. The first kappa shape index (κ1) is 61.3. The lowest BCUT2D eigenvalue weighted by atomic mass is 10.1. The molecule has 0 saturated carbocycles. The summed E-state index contributed by atoms with van der Waals surface area (Å²) < 4.78 is 16.8. The first-order valence-electron chi connectivity index (χ1n) is 26.7. The summed E-state index contributed by atoms with van der Waals surface area (Å²) in [4.78, 5) is 38.1. The van der Waals surface area contributed by atoms with Crippen LogP contribution in [0.4, 0.5) is 0 Å². The third-order valence-electron chi connectivity index (χ3n) is 11.1. The predicted molar refractivity (Wildman–Crippen MR) is 279 cm³/mol. The van der Waals surface area contributed by atoms with Gasteiger partial charge in [-0.3, -0.25) is 14.4 Å². The maximum absolute atomic E-state index is 12.8. The van der Waals surface area contributed by atoms with Crippen molar-refractivity contribution in [3.05, 3.63) is 97.2 Å². The molecule has 6 heteroatoms. The van der Waals surface area contributed by atoms with E-state index in [4.69, 9.17) is 14.2 Å². The smallest absolute Gasteiger partial charge is 0.306 e. The lowest BCUT2D eigenvalue weighted by molar-refractivity contribution is -0.167. The van der Waals surface area contributed by atoms with Gasteiger partial charge in [0.05, 0.1) is 0 Å². The maximum atomic E-state index is 12.8. The van der Waals surface area contributed by atoms with Crippen LogP contribution in [0.3, 0.4) is 0 Å². The van der Waals surface area contributed by atoms with Gasteiger partial charge in [0.15, 0.2) is 6.10 Å². The van der Waals surface area contributed by atoms with Crippen LogP contribution in [-0.4, -0.2) is 37.2 Å². The van der Waals surface area contributed by atoms with Crippen LogP contribution in [0, 0.1) is 0 Å². The highest BCUT2D eigenvalue weighted by Crippen LogP contribution is 2.14. The van der Waals surface area contributed by atoms with Gasteiger partial charge in [0.2, 0.25) is 0 Å². The molecule has 0 spiro atoms. The number of ether oxygens (including phenoxy) is 3. The molecule has 0 saturated heterocycles. The van der Waals surface area contributed by atoms with Crippen LogP contribution >= 0.6 is 0 Å². The Hall–Kier alpha value is -3.67. The largest absolute Gasteiger partial charge is 0.462 e. The molecule has 0 radical (unpaired) electrons. The fourth-order valence-corrected chi connectivity index (χ4v) is 7.09. The molecule has 0 rings (SSSR count). The molecule has 1 unspecified atom stereocenters. The number of carbonyl (C=O) groups excluding carboxylic acids is 3. The molecule has 0 aromatic heterocycles. The molecular weight excluding hydrogens is 805 g/mol. The van der Waals surface area contributed by atoms with Gasteiger partial charge in [-0.25, -0.2) is 0 Å². The van der Waals surface area contributed by atoms with Gasteiger partial charge in [-0.1, -0.05) is 201 Å². The molecule has 0 bridgehead atoms. The van der Waals surface area contributed by atoms with Gasteiger partial charge in [-0.2, -0.15) is 0 Å². The van der Waals surface area contributed by atoms with Gasteiger partial charge in [0, 0.05) is 19.3 Å². The minimum atomic E-state index is -0.797. The summed E-state index contributed by atoms with van der Waals surface area (Å²) in [5.41, 5.74) is 0. The molecule has 0 aromatic carbocycles. The zero-order chi connectivity index (χ0) is 47.2. The quantitative estimate of drug-likeness (QED) is 0.0262. The van der Waals surface area contributed by atoms with Gasteiger partial charge in [-0.05, 0) is 116 Å². The van der Waals surface area contributed by atoms with Crippen molar-refractivity contribution >= 4 is 17.9 Å². The van der Waals surface area contributed by atoms with E-state index in [-0.39, 0.29) is 31.1 Å².